The van der Waals surface area contributed by atoms with E-state index in [9.17, 15) is 4.39 Å². The number of piperazine rings is 1. The number of nitrogens with one attached hydrogen (secondary N) is 1. The third-order valence-electron chi connectivity index (χ3n) is 4.80. The Bertz CT molecular complexity index is 697. The van der Waals surface area contributed by atoms with Gasteiger partial charge in [0.1, 0.15) is 5.82 Å². The van der Waals surface area contributed by atoms with Crippen LogP contribution < -0.4 is 10.2 Å². The summed E-state index contributed by atoms with van der Waals surface area (Å²) in [5.41, 5.74) is 1.26. The normalized spacial score (nSPS) is 17.0. The van der Waals surface area contributed by atoms with Gasteiger partial charge < -0.3 is 19.6 Å². The minimum Gasteiger partial charge on any atom is -0.367 e. The van der Waals surface area contributed by atoms with Crippen molar-refractivity contribution in [2.75, 3.05) is 44.7 Å². The average Bonchev–Trinajstić information content (AvgIpc) is 3.10. The van der Waals surface area contributed by atoms with Gasteiger partial charge in [0.2, 0.25) is 0 Å². The molecule has 1 aromatic heterocycles. The smallest absolute Gasteiger partial charge is 0.258 e. The fourth-order valence-electron chi connectivity index (χ4n) is 3.03. The molecule has 0 radical (unpaired) electrons. The predicted molar refractivity (Wildman–Crippen MR) is 96.2 cm³/mol. The first-order chi connectivity index (χ1) is 12.1. The first-order valence-corrected chi connectivity index (χ1v) is 8.87. The highest BCUT2D eigenvalue weighted by molar-refractivity contribution is 5.60. The third kappa shape index (κ3) is 4.16. The molecule has 1 aliphatic rings. The monoisotopic (exact) mass is 347 g/mol. The van der Waals surface area contributed by atoms with Crippen LogP contribution in [0.25, 0.3) is 11.5 Å². The van der Waals surface area contributed by atoms with Crippen LogP contribution in [0.4, 0.5) is 10.1 Å². The Labute approximate surface area is 148 Å². The van der Waals surface area contributed by atoms with Crippen LogP contribution in [0.15, 0.2) is 22.7 Å². The van der Waals surface area contributed by atoms with Crippen molar-refractivity contribution in [3.05, 3.63) is 29.8 Å². The Kier molecular flexibility index (Phi) is 5.65. The zero-order valence-corrected chi connectivity index (χ0v) is 15.1. The van der Waals surface area contributed by atoms with E-state index in [4.69, 9.17) is 4.52 Å². The predicted octanol–water partition coefficient (Wildman–Crippen LogP) is 2.17. The highest BCUT2D eigenvalue weighted by Gasteiger charge is 2.20. The highest BCUT2D eigenvalue weighted by atomic mass is 19.1. The van der Waals surface area contributed by atoms with Gasteiger partial charge in [0.05, 0.1) is 5.69 Å². The molecule has 2 heterocycles. The van der Waals surface area contributed by atoms with Crippen molar-refractivity contribution in [1.29, 1.82) is 0 Å². The summed E-state index contributed by atoms with van der Waals surface area (Å²) in [5, 5.41) is 7.11. The van der Waals surface area contributed by atoms with E-state index in [-0.39, 0.29) is 11.9 Å². The maximum Gasteiger partial charge on any atom is 0.258 e. The van der Waals surface area contributed by atoms with E-state index in [2.05, 4.69) is 32.2 Å². The van der Waals surface area contributed by atoms with Gasteiger partial charge in [0.25, 0.3) is 5.89 Å². The van der Waals surface area contributed by atoms with Gasteiger partial charge in [0.15, 0.2) is 5.82 Å². The Morgan fingerprint density at radius 3 is 2.68 bits per heavy atom. The van der Waals surface area contributed by atoms with Gasteiger partial charge >= 0.3 is 0 Å². The maximum absolute atomic E-state index is 14.6. The lowest BCUT2D eigenvalue weighted by Gasteiger charge is -2.35. The quantitative estimate of drug-likeness (QED) is 0.864. The molecule has 136 valence electrons. The average molecular weight is 347 g/mol. The number of hydrogen-bond donors (Lipinski definition) is 1. The zero-order valence-electron chi connectivity index (χ0n) is 15.1. The van der Waals surface area contributed by atoms with Crippen LogP contribution >= 0.6 is 0 Å². The Morgan fingerprint density at radius 2 is 2.04 bits per heavy atom. The van der Waals surface area contributed by atoms with Crippen molar-refractivity contribution in [2.24, 2.45) is 0 Å². The van der Waals surface area contributed by atoms with Gasteiger partial charge in [0, 0.05) is 44.2 Å². The van der Waals surface area contributed by atoms with Crippen LogP contribution in [-0.2, 0) is 6.42 Å². The topological polar surface area (TPSA) is 57.4 Å². The van der Waals surface area contributed by atoms with E-state index in [1.54, 1.807) is 0 Å². The molecule has 1 unspecified atom stereocenters. The summed E-state index contributed by atoms with van der Waals surface area (Å²) in [6, 6.07) is 5.40. The van der Waals surface area contributed by atoms with Crippen LogP contribution in [0.3, 0.4) is 0 Å². The number of anilines is 1. The molecule has 1 fully saturated rings. The molecule has 1 N–H and O–H groups in total. The molecule has 0 spiro atoms. The number of likely N-dealkylation sites (N-methyl/N-ethyl adjacent to an activating group) is 2. The summed E-state index contributed by atoms with van der Waals surface area (Å²) in [6.45, 7) is 8.86. The summed E-state index contributed by atoms with van der Waals surface area (Å²) in [7, 11) is 1.89. The standard InChI is InChI=1S/C18H26FN5O/c1-4-23-7-9-24(10-8-23)16-6-5-14(12-15(16)19)18-21-17(22-25-18)11-13(2)20-3/h5-6,12-13,20H,4,7-11H2,1-3H3. The molecule has 6 nitrogen and oxygen atoms in total. The third-order valence-corrected chi connectivity index (χ3v) is 4.80. The molecule has 7 heteroatoms. The lowest BCUT2D eigenvalue weighted by atomic mass is 10.1. The van der Waals surface area contributed by atoms with Crippen molar-refractivity contribution < 1.29 is 8.91 Å². The summed E-state index contributed by atoms with van der Waals surface area (Å²) < 4.78 is 19.9. The fraction of sp³-hybridized carbons (Fsp3) is 0.556. The van der Waals surface area contributed by atoms with E-state index >= 15 is 0 Å². The van der Waals surface area contributed by atoms with E-state index in [0.717, 1.165) is 32.7 Å². The van der Waals surface area contributed by atoms with Crippen molar-refractivity contribution in [2.45, 2.75) is 26.3 Å². The van der Waals surface area contributed by atoms with E-state index in [0.29, 0.717) is 29.4 Å². The lowest BCUT2D eigenvalue weighted by molar-refractivity contribution is 0.270. The second kappa shape index (κ2) is 7.93. The van der Waals surface area contributed by atoms with Gasteiger partial charge in [-0.1, -0.05) is 12.1 Å². The second-order valence-corrected chi connectivity index (χ2v) is 6.50. The molecular weight excluding hydrogens is 321 g/mol. The minimum absolute atomic E-state index is 0.245. The van der Waals surface area contributed by atoms with E-state index in [1.807, 2.05) is 26.1 Å². The van der Waals surface area contributed by atoms with Gasteiger partial charge in [-0.05, 0) is 38.7 Å². The fourth-order valence-corrected chi connectivity index (χ4v) is 3.03. The van der Waals surface area contributed by atoms with E-state index in [1.165, 1.54) is 6.07 Å². The number of halogens is 1. The van der Waals surface area contributed by atoms with Crippen LogP contribution in [0, 0.1) is 5.82 Å². The van der Waals surface area contributed by atoms with Crippen molar-refractivity contribution in [3.8, 4) is 11.5 Å². The first kappa shape index (κ1) is 17.8. The molecule has 0 saturated carbocycles. The van der Waals surface area contributed by atoms with E-state index < -0.39 is 0 Å². The van der Waals surface area contributed by atoms with Crippen molar-refractivity contribution >= 4 is 5.69 Å². The molecule has 0 bridgehead atoms. The van der Waals surface area contributed by atoms with Gasteiger partial charge in [-0.3, -0.25) is 0 Å². The molecule has 1 aliphatic heterocycles. The number of hydrogen-bond acceptors (Lipinski definition) is 6. The molecule has 1 aromatic carbocycles. The molecule has 3 rings (SSSR count). The van der Waals surface area contributed by atoms with Crippen LogP contribution in [0.5, 0.6) is 0 Å². The Morgan fingerprint density at radius 1 is 1.28 bits per heavy atom. The molecular formula is C18H26FN5O. The van der Waals surface area contributed by atoms with Gasteiger partial charge in [-0.15, -0.1) is 0 Å². The van der Waals surface area contributed by atoms with Crippen LogP contribution in [-0.4, -0.2) is 60.9 Å². The summed E-state index contributed by atoms with van der Waals surface area (Å²) in [5.74, 6) is 0.738. The number of rotatable bonds is 6. The number of aromatic nitrogens is 2. The SMILES string of the molecule is CCN1CCN(c2ccc(-c3nc(CC(C)NC)no3)cc2F)CC1. The molecule has 2 aromatic rings. The maximum atomic E-state index is 14.6. The largest absolute Gasteiger partial charge is 0.367 e. The minimum atomic E-state index is -0.245. The number of nitrogens with zero attached hydrogens (tertiary/aromatic N) is 4. The molecule has 25 heavy (non-hydrogen) atoms. The summed E-state index contributed by atoms with van der Waals surface area (Å²) in [6.07, 6.45) is 0.669. The second-order valence-electron chi connectivity index (χ2n) is 6.50. The van der Waals surface area contributed by atoms with Gasteiger partial charge in [-0.2, -0.15) is 4.98 Å². The van der Waals surface area contributed by atoms with Crippen LogP contribution in [0.1, 0.15) is 19.7 Å². The Hall–Kier alpha value is -1.99. The Balaban J connectivity index is 1.72. The summed E-state index contributed by atoms with van der Waals surface area (Å²) in [4.78, 5) is 8.83. The van der Waals surface area contributed by atoms with Crippen LogP contribution in [0.2, 0.25) is 0 Å². The molecule has 1 saturated heterocycles. The van der Waals surface area contributed by atoms with Gasteiger partial charge in [-0.25, -0.2) is 4.39 Å². The van der Waals surface area contributed by atoms with Crippen molar-refractivity contribution in [1.82, 2.24) is 20.4 Å². The molecule has 0 amide bonds. The molecule has 0 aliphatic carbocycles. The first-order valence-electron chi connectivity index (χ1n) is 8.87. The van der Waals surface area contributed by atoms with Crippen molar-refractivity contribution in [3.63, 3.8) is 0 Å². The zero-order chi connectivity index (χ0) is 17.8. The summed E-state index contributed by atoms with van der Waals surface area (Å²) >= 11 is 0. The lowest BCUT2D eigenvalue weighted by Crippen LogP contribution is -2.46. The molecule has 1 atom stereocenters. The highest BCUT2D eigenvalue weighted by Crippen LogP contribution is 2.26. The number of benzene rings is 1.